The van der Waals surface area contributed by atoms with E-state index in [1.54, 1.807) is 0 Å². The molecule has 2 aromatic rings. The molecule has 2 aromatic carbocycles. The Kier molecular flexibility index (Phi) is 6.21. The van der Waals surface area contributed by atoms with Crippen molar-refractivity contribution >= 4 is 17.3 Å². The van der Waals surface area contributed by atoms with Crippen LogP contribution in [-0.4, -0.2) is 12.5 Å². The average Bonchev–Trinajstić information content (AvgIpc) is 2.55. The van der Waals surface area contributed by atoms with Crippen molar-refractivity contribution in [3.8, 4) is 0 Å². The lowest BCUT2D eigenvalue weighted by Crippen LogP contribution is -2.17. The monoisotopic (exact) mass is 310 g/mol. The maximum absolute atomic E-state index is 12.1. The summed E-state index contributed by atoms with van der Waals surface area (Å²) in [5.74, 6) is 0.504. The minimum absolute atomic E-state index is 0.0421. The number of carbonyl (C=O) groups excluding carboxylic acids is 1. The second-order valence-electron chi connectivity index (χ2n) is 5.98. The van der Waals surface area contributed by atoms with Crippen molar-refractivity contribution in [1.29, 1.82) is 0 Å². The third-order valence-electron chi connectivity index (χ3n) is 3.92. The number of benzene rings is 2. The number of anilines is 2. The normalized spacial score (nSPS) is 10.6. The predicted octanol–water partition coefficient (Wildman–Crippen LogP) is 4.81. The van der Waals surface area contributed by atoms with Gasteiger partial charge in [0.2, 0.25) is 5.91 Å². The number of aryl methyl sites for hydroxylation is 1. The number of carbonyl (C=O) groups is 1. The van der Waals surface area contributed by atoms with Gasteiger partial charge in [-0.2, -0.15) is 0 Å². The molecule has 3 heteroatoms. The molecule has 0 fully saturated rings. The first-order valence-corrected chi connectivity index (χ1v) is 8.32. The van der Waals surface area contributed by atoms with E-state index in [1.807, 2.05) is 30.3 Å². The van der Waals surface area contributed by atoms with Crippen LogP contribution in [0.15, 0.2) is 48.5 Å². The minimum Gasteiger partial charge on any atom is -0.384 e. The molecule has 3 nitrogen and oxygen atoms in total. The van der Waals surface area contributed by atoms with Gasteiger partial charge >= 0.3 is 0 Å². The number of nitrogens with one attached hydrogen (secondary N) is 2. The highest BCUT2D eigenvalue weighted by atomic mass is 16.1. The third-order valence-corrected chi connectivity index (χ3v) is 3.92. The smallest absolute Gasteiger partial charge is 0.226 e. The second kappa shape index (κ2) is 8.37. The number of rotatable bonds is 7. The van der Waals surface area contributed by atoms with Gasteiger partial charge in [-0.15, -0.1) is 0 Å². The summed E-state index contributed by atoms with van der Waals surface area (Å²) in [6.45, 7) is 7.07. The van der Waals surface area contributed by atoms with Gasteiger partial charge in [0.15, 0.2) is 0 Å². The van der Waals surface area contributed by atoms with E-state index in [9.17, 15) is 4.79 Å². The van der Waals surface area contributed by atoms with Crippen molar-refractivity contribution in [3.63, 3.8) is 0 Å². The molecule has 2 N–H and O–H groups in total. The van der Waals surface area contributed by atoms with Gasteiger partial charge in [-0.25, -0.2) is 0 Å². The molecule has 0 atom stereocenters. The molecule has 2 rings (SSSR count). The molecule has 1 amide bonds. The Morgan fingerprint density at radius 1 is 1.00 bits per heavy atom. The highest BCUT2D eigenvalue weighted by Crippen LogP contribution is 2.23. The molecule has 23 heavy (non-hydrogen) atoms. The molecule has 0 bridgehead atoms. The predicted molar refractivity (Wildman–Crippen MR) is 98.1 cm³/mol. The molecular weight excluding hydrogens is 284 g/mol. The van der Waals surface area contributed by atoms with Crippen LogP contribution in [0, 0.1) is 0 Å². The lowest BCUT2D eigenvalue weighted by Gasteiger charge is -2.14. The van der Waals surface area contributed by atoms with Gasteiger partial charge < -0.3 is 10.6 Å². The summed E-state index contributed by atoms with van der Waals surface area (Å²) >= 11 is 0. The zero-order chi connectivity index (χ0) is 16.7. The molecule has 0 aromatic heterocycles. The van der Waals surface area contributed by atoms with Gasteiger partial charge in [-0.3, -0.25) is 4.79 Å². The Morgan fingerprint density at radius 3 is 2.35 bits per heavy atom. The van der Waals surface area contributed by atoms with E-state index in [-0.39, 0.29) is 5.91 Å². The van der Waals surface area contributed by atoms with Crippen LogP contribution in [0.25, 0.3) is 0 Å². The quantitative estimate of drug-likeness (QED) is 0.770. The Morgan fingerprint density at radius 2 is 1.65 bits per heavy atom. The SMILES string of the molecule is CCc1ccccc1NC(=O)CCNc1ccccc1C(C)C. The standard InChI is InChI=1S/C20H26N2O/c1-4-16-9-5-7-11-18(16)22-20(23)13-14-21-19-12-8-6-10-17(19)15(2)3/h5-12,15,21H,4,13-14H2,1-3H3,(H,22,23). The van der Waals surface area contributed by atoms with Crippen LogP contribution < -0.4 is 10.6 Å². The fourth-order valence-corrected chi connectivity index (χ4v) is 2.64. The molecule has 0 radical (unpaired) electrons. The van der Waals surface area contributed by atoms with E-state index in [0.29, 0.717) is 18.9 Å². The molecule has 0 unspecified atom stereocenters. The third kappa shape index (κ3) is 4.85. The first-order chi connectivity index (χ1) is 11.1. The molecule has 122 valence electrons. The molecule has 0 heterocycles. The molecule has 0 aliphatic rings. The summed E-state index contributed by atoms with van der Waals surface area (Å²) < 4.78 is 0. The van der Waals surface area contributed by atoms with Gasteiger partial charge in [0.1, 0.15) is 0 Å². The maximum atomic E-state index is 12.1. The zero-order valence-electron chi connectivity index (χ0n) is 14.2. The van der Waals surface area contributed by atoms with Crippen molar-refractivity contribution in [3.05, 3.63) is 59.7 Å². The lowest BCUT2D eigenvalue weighted by molar-refractivity contribution is -0.115. The van der Waals surface area contributed by atoms with Gasteiger partial charge in [0.25, 0.3) is 0 Å². The van der Waals surface area contributed by atoms with Crippen molar-refractivity contribution in [2.45, 2.75) is 39.5 Å². The highest BCUT2D eigenvalue weighted by molar-refractivity contribution is 5.91. The maximum Gasteiger partial charge on any atom is 0.226 e. The Balaban J connectivity index is 1.88. The topological polar surface area (TPSA) is 41.1 Å². The van der Waals surface area contributed by atoms with Gasteiger partial charge in [-0.05, 0) is 35.6 Å². The summed E-state index contributed by atoms with van der Waals surface area (Å²) in [5, 5.41) is 6.39. The van der Waals surface area contributed by atoms with Crippen LogP contribution in [0.1, 0.15) is 44.2 Å². The first-order valence-electron chi connectivity index (χ1n) is 8.32. The summed E-state index contributed by atoms with van der Waals surface area (Å²) in [5.41, 5.74) is 4.48. The van der Waals surface area contributed by atoms with E-state index in [1.165, 1.54) is 11.1 Å². The molecule has 0 aliphatic heterocycles. The average molecular weight is 310 g/mol. The molecule has 0 spiro atoms. The van der Waals surface area contributed by atoms with E-state index < -0.39 is 0 Å². The van der Waals surface area contributed by atoms with Crippen LogP contribution in [-0.2, 0) is 11.2 Å². The van der Waals surface area contributed by atoms with Crippen molar-refractivity contribution < 1.29 is 4.79 Å². The van der Waals surface area contributed by atoms with Crippen molar-refractivity contribution in [2.75, 3.05) is 17.2 Å². The largest absolute Gasteiger partial charge is 0.384 e. The number of hydrogen-bond acceptors (Lipinski definition) is 2. The summed E-state index contributed by atoms with van der Waals surface area (Å²) in [7, 11) is 0. The number of hydrogen-bond donors (Lipinski definition) is 2. The van der Waals surface area contributed by atoms with E-state index in [4.69, 9.17) is 0 Å². The molecule has 0 saturated heterocycles. The van der Waals surface area contributed by atoms with E-state index >= 15 is 0 Å². The van der Waals surface area contributed by atoms with E-state index in [0.717, 1.165) is 17.8 Å². The summed E-state index contributed by atoms with van der Waals surface area (Å²) in [4.78, 5) is 12.1. The Bertz CT molecular complexity index is 650. The van der Waals surface area contributed by atoms with Gasteiger partial charge in [-0.1, -0.05) is 57.2 Å². The van der Waals surface area contributed by atoms with Crippen LogP contribution >= 0.6 is 0 Å². The van der Waals surface area contributed by atoms with Crippen LogP contribution in [0.4, 0.5) is 11.4 Å². The summed E-state index contributed by atoms with van der Waals surface area (Å²) in [6.07, 6.45) is 1.36. The molecule has 0 aliphatic carbocycles. The van der Waals surface area contributed by atoms with Crippen LogP contribution in [0.5, 0.6) is 0 Å². The Labute approximate surface area is 139 Å². The van der Waals surface area contributed by atoms with Crippen LogP contribution in [0.2, 0.25) is 0 Å². The summed E-state index contributed by atoms with van der Waals surface area (Å²) in [6, 6.07) is 16.2. The van der Waals surface area contributed by atoms with Gasteiger partial charge in [0, 0.05) is 24.3 Å². The molecule has 0 saturated carbocycles. The Hall–Kier alpha value is -2.29. The second-order valence-corrected chi connectivity index (χ2v) is 5.98. The fraction of sp³-hybridized carbons (Fsp3) is 0.350. The lowest BCUT2D eigenvalue weighted by atomic mass is 10.0. The van der Waals surface area contributed by atoms with Crippen molar-refractivity contribution in [1.82, 2.24) is 0 Å². The van der Waals surface area contributed by atoms with Crippen LogP contribution in [0.3, 0.4) is 0 Å². The number of para-hydroxylation sites is 2. The highest BCUT2D eigenvalue weighted by Gasteiger charge is 2.08. The minimum atomic E-state index is 0.0421. The molecular formula is C20H26N2O. The first kappa shape index (κ1) is 17.1. The van der Waals surface area contributed by atoms with Crippen molar-refractivity contribution in [2.24, 2.45) is 0 Å². The van der Waals surface area contributed by atoms with Gasteiger partial charge in [0.05, 0.1) is 0 Å². The number of amides is 1. The fourth-order valence-electron chi connectivity index (χ4n) is 2.64. The van der Waals surface area contributed by atoms with E-state index in [2.05, 4.69) is 49.6 Å². The zero-order valence-corrected chi connectivity index (χ0v) is 14.2.